The Kier molecular flexibility index (Phi) is 3.70. The van der Waals surface area contributed by atoms with Crippen molar-refractivity contribution < 1.29 is 4.92 Å². The Balaban J connectivity index is 1.97. The first-order chi connectivity index (χ1) is 8.25. The van der Waals surface area contributed by atoms with Crippen LogP contribution in [0, 0.1) is 10.1 Å². The van der Waals surface area contributed by atoms with E-state index in [2.05, 4.69) is 12.2 Å². The first kappa shape index (κ1) is 11.6. The topological polar surface area (TPSA) is 43.1 Å². The Labute approximate surface area is 101 Å². The number of nitro groups is 1. The molecule has 0 fully saturated rings. The summed E-state index contributed by atoms with van der Waals surface area (Å²) >= 11 is 0. The third kappa shape index (κ3) is 3.28. The van der Waals surface area contributed by atoms with E-state index in [4.69, 9.17) is 0 Å². The summed E-state index contributed by atoms with van der Waals surface area (Å²) in [6, 6.07) is 9.68. The largest absolute Gasteiger partial charge is 0.264 e. The van der Waals surface area contributed by atoms with E-state index in [1.807, 2.05) is 36.4 Å². The third-order valence-corrected chi connectivity index (χ3v) is 3.01. The minimum absolute atomic E-state index is 0.172. The third-order valence-electron chi connectivity index (χ3n) is 3.01. The maximum absolute atomic E-state index is 10.6. The van der Waals surface area contributed by atoms with Crippen molar-refractivity contribution in [2.45, 2.75) is 25.3 Å². The average molecular weight is 229 g/mol. The molecule has 0 N–H and O–H groups in total. The summed E-state index contributed by atoms with van der Waals surface area (Å²) < 4.78 is 0. The Morgan fingerprint density at radius 3 is 2.59 bits per heavy atom. The van der Waals surface area contributed by atoms with Gasteiger partial charge in [0.05, 0.1) is 0 Å². The van der Waals surface area contributed by atoms with E-state index < -0.39 is 0 Å². The molecule has 88 valence electrons. The van der Waals surface area contributed by atoms with Crippen LogP contribution < -0.4 is 0 Å². The van der Waals surface area contributed by atoms with E-state index in [9.17, 15) is 10.1 Å². The molecule has 1 aliphatic carbocycles. The van der Waals surface area contributed by atoms with Gasteiger partial charge in [0.2, 0.25) is 6.04 Å². The molecule has 1 atom stereocenters. The van der Waals surface area contributed by atoms with E-state index in [-0.39, 0.29) is 11.0 Å². The lowest BCUT2D eigenvalue weighted by Gasteiger charge is -2.13. The van der Waals surface area contributed by atoms with Gasteiger partial charge in [-0.05, 0) is 12.0 Å². The summed E-state index contributed by atoms with van der Waals surface area (Å²) in [6.45, 7) is 0. The van der Waals surface area contributed by atoms with E-state index in [0.29, 0.717) is 12.8 Å². The molecular weight excluding hydrogens is 214 g/mol. The molecule has 0 heterocycles. The first-order valence-electron chi connectivity index (χ1n) is 5.81. The number of nitrogens with zero attached hydrogens (tertiary/aromatic N) is 1. The summed E-state index contributed by atoms with van der Waals surface area (Å²) in [5.41, 5.74) is 2.36. The van der Waals surface area contributed by atoms with Gasteiger partial charge in [-0.25, -0.2) is 0 Å². The molecule has 0 aliphatic heterocycles. The number of rotatable bonds is 3. The molecule has 1 aromatic carbocycles. The molecule has 1 aliphatic rings. The zero-order valence-corrected chi connectivity index (χ0v) is 9.58. The summed E-state index contributed by atoms with van der Waals surface area (Å²) in [4.78, 5) is 10.4. The van der Waals surface area contributed by atoms with Gasteiger partial charge < -0.3 is 0 Å². The van der Waals surface area contributed by atoms with Crippen LogP contribution in [0.4, 0.5) is 0 Å². The lowest BCUT2D eigenvalue weighted by Crippen LogP contribution is -2.21. The molecule has 0 radical (unpaired) electrons. The highest BCUT2D eigenvalue weighted by Crippen LogP contribution is 2.21. The molecule has 1 aromatic rings. The van der Waals surface area contributed by atoms with Crippen molar-refractivity contribution >= 4 is 6.08 Å². The van der Waals surface area contributed by atoms with Gasteiger partial charge >= 0.3 is 0 Å². The van der Waals surface area contributed by atoms with Crippen molar-refractivity contribution in [1.29, 1.82) is 0 Å². The predicted molar refractivity (Wildman–Crippen MR) is 68.2 cm³/mol. The number of benzene rings is 1. The number of hydrogen-bond donors (Lipinski definition) is 0. The van der Waals surface area contributed by atoms with Crippen LogP contribution in [-0.4, -0.2) is 11.0 Å². The Bertz CT molecular complexity index is 449. The first-order valence-corrected chi connectivity index (χ1v) is 5.81. The molecule has 0 bridgehead atoms. The second-order valence-electron chi connectivity index (χ2n) is 4.24. The van der Waals surface area contributed by atoms with Gasteiger partial charge in [-0.1, -0.05) is 54.1 Å². The lowest BCUT2D eigenvalue weighted by atomic mass is 9.95. The fourth-order valence-electron chi connectivity index (χ4n) is 1.95. The average Bonchev–Trinajstić information content (AvgIpc) is 2.38. The molecule has 0 amide bonds. The van der Waals surface area contributed by atoms with Crippen molar-refractivity contribution in [3.8, 4) is 0 Å². The quantitative estimate of drug-likeness (QED) is 0.588. The van der Waals surface area contributed by atoms with Gasteiger partial charge in [-0.15, -0.1) is 0 Å². The highest BCUT2D eigenvalue weighted by molar-refractivity contribution is 5.52. The molecule has 17 heavy (non-hydrogen) atoms. The highest BCUT2D eigenvalue weighted by Gasteiger charge is 2.21. The minimum Gasteiger partial charge on any atom is -0.264 e. The second kappa shape index (κ2) is 5.43. The monoisotopic (exact) mass is 229 g/mol. The SMILES string of the molecule is O=[N+]([O-])C1CC=C(C=Cc2ccccc2)CC1. The van der Waals surface area contributed by atoms with E-state index in [1.165, 1.54) is 5.57 Å². The van der Waals surface area contributed by atoms with Gasteiger partial charge in [0.15, 0.2) is 0 Å². The maximum atomic E-state index is 10.6. The molecule has 2 rings (SSSR count). The molecular formula is C14H15NO2. The zero-order chi connectivity index (χ0) is 12.1. The Morgan fingerprint density at radius 1 is 1.24 bits per heavy atom. The normalized spacial score (nSPS) is 20.2. The van der Waals surface area contributed by atoms with Crippen molar-refractivity contribution in [1.82, 2.24) is 0 Å². The van der Waals surface area contributed by atoms with E-state index >= 15 is 0 Å². The minimum atomic E-state index is -0.385. The number of allylic oxidation sites excluding steroid dienone is 2. The highest BCUT2D eigenvalue weighted by atomic mass is 16.6. The second-order valence-corrected chi connectivity index (χ2v) is 4.24. The maximum Gasteiger partial charge on any atom is 0.216 e. The van der Waals surface area contributed by atoms with Gasteiger partial charge in [0.1, 0.15) is 0 Å². The smallest absolute Gasteiger partial charge is 0.216 e. The number of hydrogen-bond acceptors (Lipinski definition) is 2. The van der Waals surface area contributed by atoms with Gasteiger partial charge in [-0.3, -0.25) is 10.1 Å². The van der Waals surface area contributed by atoms with Gasteiger partial charge in [-0.2, -0.15) is 0 Å². The fraction of sp³-hybridized carbons (Fsp3) is 0.286. The molecule has 3 heteroatoms. The van der Waals surface area contributed by atoms with E-state index in [0.717, 1.165) is 12.0 Å². The zero-order valence-electron chi connectivity index (χ0n) is 9.58. The van der Waals surface area contributed by atoms with Crippen LogP contribution in [0.3, 0.4) is 0 Å². The van der Waals surface area contributed by atoms with Crippen LogP contribution in [0.1, 0.15) is 24.8 Å². The van der Waals surface area contributed by atoms with Crippen LogP contribution in [0.5, 0.6) is 0 Å². The van der Waals surface area contributed by atoms with Crippen molar-refractivity contribution in [3.05, 3.63) is 63.7 Å². The summed E-state index contributed by atoms with van der Waals surface area (Å²) in [5.74, 6) is 0. The van der Waals surface area contributed by atoms with Gasteiger partial charge in [0, 0.05) is 17.8 Å². The fourth-order valence-corrected chi connectivity index (χ4v) is 1.95. The molecule has 1 unspecified atom stereocenters. The summed E-state index contributed by atoms with van der Waals surface area (Å²) in [7, 11) is 0. The van der Waals surface area contributed by atoms with Gasteiger partial charge in [0.25, 0.3) is 0 Å². The Morgan fingerprint density at radius 2 is 2.00 bits per heavy atom. The molecule has 0 saturated heterocycles. The predicted octanol–water partition coefficient (Wildman–Crippen LogP) is 3.46. The summed E-state index contributed by atoms with van der Waals surface area (Å²) in [5, 5.41) is 10.6. The van der Waals surface area contributed by atoms with Crippen molar-refractivity contribution in [2.24, 2.45) is 0 Å². The molecule has 3 nitrogen and oxygen atoms in total. The van der Waals surface area contributed by atoms with Crippen LogP contribution in [0.25, 0.3) is 6.08 Å². The van der Waals surface area contributed by atoms with Crippen LogP contribution in [0.15, 0.2) is 48.1 Å². The lowest BCUT2D eigenvalue weighted by molar-refractivity contribution is -0.523. The molecule has 0 saturated carbocycles. The van der Waals surface area contributed by atoms with E-state index in [1.54, 1.807) is 0 Å². The van der Waals surface area contributed by atoms with Crippen LogP contribution >= 0.6 is 0 Å². The standard InChI is InChI=1S/C14H15NO2/c16-15(17)14-10-8-13(9-11-14)7-6-12-4-2-1-3-5-12/h1-8,14H,9-11H2. The summed E-state index contributed by atoms with van der Waals surface area (Å²) in [6.07, 6.45) is 8.11. The molecule has 0 aromatic heterocycles. The van der Waals surface area contributed by atoms with Crippen LogP contribution in [-0.2, 0) is 0 Å². The van der Waals surface area contributed by atoms with Crippen LogP contribution in [0.2, 0.25) is 0 Å². The van der Waals surface area contributed by atoms with Crippen molar-refractivity contribution in [2.75, 3.05) is 0 Å². The molecule has 0 spiro atoms. The Hall–Kier alpha value is -1.90. The van der Waals surface area contributed by atoms with Crippen molar-refractivity contribution in [3.63, 3.8) is 0 Å².